The number of hydrogen-bond donors (Lipinski definition) is 1. The van der Waals surface area contributed by atoms with Gasteiger partial charge in [-0.2, -0.15) is 0 Å². The summed E-state index contributed by atoms with van der Waals surface area (Å²) in [5.41, 5.74) is 3.19. The van der Waals surface area contributed by atoms with Gasteiger partial charge in [-0.15, -0.1) is 13.2 Å². The van der Waals surface area contributed by atoms with Gasteiger partial charge in [0.1, 0.15) is 0 Å². The Bertz CT molecular complexity index is 456. The van der Waals surface area contributed by atoms with Gasteiger partial charge in [-0.05, 0) is 35.6 Å². The van der Waals surface area contributed by atoms with E-state index in [4.69, 9.17) is 5.11 Å². The first-order chi connectivity index (χ1) is 8.19. The third-order valence-electron chi connectivity index (χ3n) is 2.43. The second-order valence-corrected chi connectivity index (χ2v) is 3.64. The van der Waals surface area contributed by atoms with Crippen molar-refractivity contribution >= 4 is 12.0 Å². The fourth-order valence-corrected chi connectivity index (χ4v) is 1.71. The predicted molar refractivity (Wildman–Crippen MR) is 70.9 cm³/mol. The molecule has 0 radical (unpaired) electrons. The van der Waals surface area contributed by atoms with Crippen molar-refractivity contribution in [1.82, 2.24) is 0 Å². The van der Waals surface area contributed by atoms with Crippen molar-refractivity contribution in [3.63, 3.8) is 0 Å². The predicted octanol–water partition coefficient (Wildman–Crippen LogP) is 3.24. The van der Waals surface area contributed by atoms with Gasteiger partial charge in [0.25, 0.3) is 0 Å². The summed E-state index contributed by atoms with van der Waals surface area (Å²) in [5.74, 6) is -0.941. The average molecular weight is 228 g/mol. The fourth-order valence-electron chi connectivity index (χ4n) is 1.71. The topological polar surface area (TPSA) is 37.3 Å². The van der Waals surface area contributed by atoms with Gasteiger partial charge >= 0.3 is 5.97 Å². The monoisotopic (exact) mass is 228 g/mol. The van der Waals surface area contributed by atoms with E-state index in [-0.39, 0.29) is 0 Å². The maximum absolute atomic E-state index is 10.5. The highest BCUT2D eigenvalue weighted by Gasteiger charge is 2.04. The van der Waals surface area contributed by atoms with Gasteiger partial charge in [-0.1, -0.05) is 30.4 Å². The molecule has 0 heterocycles. The highest BCUT2D eigenvalue weighted by molar-refractivity contribution is 5.85. The molecular formula is C15H16O2. The van der Waals surface area contributed by atoms with Crippen LogP contribution in [0.3, 0.4) is 0 Å². The number of allylic oxidation sites excluding steroid dienone is 2. The van der Waals surface area contributed by atoms with Crippen molar-refractivity contribution in [2.24, 2.45) is 0 Å². The molecule has 0 saturated carbocycles. The summed E-state index contributed by atoms with van der Waals surface area (Å²) >= 11 is 0. The van der Waals surface area contributed by atoms with Crippen molar-refractivity contribution in [3.8, 4) is 0 Å². The van der Waals surface area contributed by atoms with Gasteiger partial charge in [0.05, 0.1) is 0 Å². The lowest BCUT2D eigenvalue weighted by atomic mass is 9.96. The van der Waals surface area contributed by atoms with E-state index in [0.29, 0.717) is 0 Å². The summed E-state index contributed by atoms with van der Waals surface area (Å²) in [7, 11) is 0. The molecule has 0 aromatic heterocycles. The lowest BCUT2D eigenvalue weighted by Gasteiger charge is -2.09. The van der Waals surface area contributed by atoms with E-state index in [1.165, 1.54) is 0 Å². The molecule has 2 nitrogen and oxygen atoms in total. The summed E-state index contributed by atoms with van der Waals surface area (Å²) in [5, 5.41) is 8.65. The van der Waals surface area contributed by atoms with Crippen LogP contribution in [0.2, 0.25) is 0 Å². The number of aliphatic carboxylic acids is 1. The van der Waals surface area contributed by atoms with Crippen LogP contribution in [0.25, 0.3) is 6.08 Å². The summed E-state index contributed by atoms with van der Waals surface area (Å²) < 4.78 is 0. The Morgan fingerprint density at radius 3 is 2.53 bits per heavy atom. The Morgan fingerprint density at radius 1 is 1.24 bits per heavy atom. The summed E-state index contributed by atoms with van der Waals surface area (Å²) in [6.07, 6.45) is 7.93. The van der Waals surface area contributed by atoms with E-state index in [1.807, 2.05) is 30.4 Å². The van der Waals surface area contributed by atoms with E-state index < -0.39 is 5.97 Å². The fraction of sp³-hybridized carbons (Fsp3) is 0.133. The number of hydrogen-bond acceptors (Lipinski definition) is 1. The summed E-state index contributed by atoms with van der Waals surface area (Å²) in [6.45, 7) is 7.45. The van der Waals surface area contributed by atoms with Gasteiger partial charge in [0.2, 0.25) is 0 Å². The minimum atomic E-state index is -0.941. The molecule has 0 aliphatic carbocycles. The molecule has 1 aromatic rings. The lowest BCUT2D eigenvalue weighted by Crippen LogP contribution is -1.96. The van der Waals surface area contributed by atoms with E-state index >= 15 is 0 Å². The number of rotatable bonds is 6. The Morgan fingerprint density at radius 2 is 1.94 bits per heavy atom. The molecule has 0 aliphatic heterocycles. The molecular weight excluding hydrogens is 212 g/mol. The van der Waals surface area contributed by atoms with Crippen LogP contribution >= 0.6 is 0 Å². The van der Waals surface area contributed by atoms with Crippen LogP contribution in [0, 0.1) is 0 Å². The van der Waals surface area contributed by atoms with E-state index in [9.17, 15) is 4.79 Å². The first-order valence-electron chi connectivity index (χ1n) is 5.42. The normalized spacial score (nSPS) is 10.4. The maximum Gasteiger partial charge on any atom is 0.328 e. The van der Waals surface area contributed by atoms with Crippen molar-refractivity contribution in [3.05, 3.63) is 66.3 Å². The minimum Gasteiger partial charge on any atom is -0.478 e. The zero-order valence-electron chi connectivity index (χ0n) is 9.73. The highest BCUT2D eigenvalue weighted by Crippen LogP contribution is 2.18. The van der Waals surface area contributed by atoms with Crippen LogP contribution in [0.1, 0.15) is 16.7 Å². The highest BCUT2D eigenvalue weighted by atomic mass is 16.4. The zero-order valence-corrected chi connectivity index (χ0v) is 9.73. The van der Waals surface area contributed by atoms with E-state index in [0.717, 1.165) is 35.6 Å². The van der Waals surface area contributed by atoms with Gasteiger partial charge in [0, 0.05) is 6.08 Å². The van der Waals surface area contributed by atoms with Gasteiger partial charge in [0.15, 0.2) is 0 Å². The molecule has 0 unspecified atom stereocenters. The molecule has 0 fully saturated rings. The Labute approximate surface area is 102 Å². The average Bonchev–Trinajstić information content (AvgIpc) is 2.30. The second kappa shape index (κ2) is 6.48. The van der Waals surface area contributed by atoms with Crippen molar-refractivity contribution < 1.29 is 9.90 Å². The van der Waals surface area contributed by atoms with Crippen LogP contribution in [-0.4, -0.2) is 11.1 Å². The molecule has 0 atom stereocenters. The Kier molecular flexibility index (Phi) is 4.95. The van der Waals surface area contributed by atoms with Gasteiger partial charge in [-0.3, -0.25) is 0 Å². The zero-order chi connectivity index (χ0) is 12.7. The van der Waals surface area contributed by atoms with Crippen LogP contribution in [0.4, 0.5) is 0 Å². The Hall–Kier alpha value is -2.09. The smallest absolute Gasteiger partial charge is 0.328 e. The molecule has 17 heavy (non-hydrogen) atoms. The first kappa shape index (κ1) is 13.0. The van der Waals surface area contributed by atoms with Gasteiger partial charge in [-0.25, -0.2) is 4.79 Å². The molecule has 1 aromatic carbocycles. The van der Waals surface area contributed by atoms with Crippen LogP contribution in [0.15, 0.2) is 49.6 Å². The lowest BCUT2D eigenvalue weighted by molar-refractivity contribution is -0.131. The Balaban J connectivity index is 3.18. The molecule has 88 valence electrons. The van der Waals surface area contributed by atoms with Gasteiger partial charge < -0.3 is 5.11 Å². The first-order valence-corrected chi connectivity index (χ1v) is 5.42. The quantitative estimate of drug-likeness (QED) is 0.599. The van der Waals surface area contributed by atoms with Crippen LogP contribution in [0.5, 0.6) is 0 Å². The minimum absolute atomic E-state index is 0.726. The third-order valence-corrected chi connectivity index (χ3v) is 2.43. The molecule has 1 rings (SSSR count). The second-order valence-electron chi connectivity index (χ2n) is 3.64. The maximum atomic E-state index is 10.5. The number of carboxylic acid groups (broad SMARTS) is 1. The molecule has 0 bridgehead atoms. The number of carboxylic acids is 1. The SMILES string of the molecule is C=CCc1cccc(/C=C/C(=O)O)c1CC=C. The summed E-state index contributed by atoms with van der Waals surface area (Å²) in [6, 6.07) is 5.86. The summed E-state index contributed by atoms with van der Waals surface area (Å²) in [4.78, 5) is 10.5. The van der Waals surface area contributed by atoms with E-state index in [2.05, 4.69) is 13.2 Å². The molecule has 0 spiro atoms. The third kappa shape index (κ3) is 3.76. The van der Waals surface area contributed by atoms with E-state index in [1.54, 1.807) is 6.08 Å². The molecule has 0 saturated heterocycles. The standard InChI is InChI=1S/C15H16O2/c1-3-6-12-8-5-9-13(10-11-15(16)17)14(12)7-4-2/h3-5,8-11H,1-2,6-7H2,(H,16,17)/b11-10+. The van der Waals surface area contributed by atoms with Crippen molar-refractivity contribution in [1.29, 1.82) is 0 Å². The van der Waals surface area contributed by atoms with Crippen LogP contribution in [-0.2, 0) is 17.6 Å². The molecule has 0 amide bonds. The van der Waals surface area contributed by atoms with Crippen molar-refractivity contribution in [2.45, 2.75) is 12.8 Å². The number of carbonyl (C=O) groups is 1. The molecule has 0 aliphatic rings. The molecule has 2 heteroatoms. The molecule has 1 N–H and O–H groups in total. The number of benzene rings is 1. The van der Waals surface area contributed by atoms with Crippen molar-refractivity contribution in [2.75, 3.05) is 0 Å². The van der Waals surface area contributed by atoms with Crippen LogP contribution < -0.4 is 0 Å². The largest absolute Gasteiger partial charge is 0.478 e.